The molecule has 0 aliphatic carbocycles. The zero-order valence-electron chi connectivity index (χ0n) is 12.4. The van der Waals surface area contributed by atoms with E-state index in [1.807, 2.05) is 19.9 Å². The molecule has 1 N–H and O–H groups in total. The first-order valence-electron chi connectivity index (χ1n) is 7.16. The third-order valence-electron chi connectivity index (χ3n) is 3.84. The van der Waals surface area contributed by atoms with E-state index in [0.29, 0.717) is 18.1 Å². The topological polar surface area (TPSA) is 66.8 Å². The fourth-order valence-electron chi connectivity index (χ4n) is 2.48. The van der Waals surface area contributed by atoms with E-state index in [0.717, 1.165) is 23.3 Å². The highest BCUT2D eigenvalue weighted by Crippen LogP contribution is 2.25. The molecule has 0 radical (unpaired) electrons. The minimum Gasteiger partial charge on any atom is -0.481 e. The van der Waals surface area contributed by atoms with Gasteiger partial charge < -0.3 is 14.7 Å². The third-order valence-corrected chi connectivity index (χ3v) is 4.98. The molecule has 1 aromatic heterocycles. The van der Waals surface area contributed by atoms with Crippen LogP contribution in [0.15, 0.2) is 6.07 Å². The van der Waals surface area contributed by atoms with Crippen LogP contribution in [-0.2, 0) is 9.53 Å². The Morgan fingerprint density at radius 3 is 2.57 bits per heavy atom. The van der Waals surface area contributed by atoms with Gasteiger partial charge in [0.1, 0.15) is 0 Å². The molecular formula is C15H21NO4S. The molecular weight excluding hydrogens is 290 g/mol. The Bertz CT molecular complexity index is 500. The molecule has 6 heteroatoms. The summed E-state index contributed by atoms with van der Waals surface area (Å²) in [4.78, 5) is 27.1. The van der Waals surface area contributed by atoms with Crippen molar-refractivity contribution in [3.63, 3.8) is 0 Å². The molecule has 1 aliphatic rings. The first kappa shape index (κ1) is 16.0. The van der Waals surface area contributed by atoms with Crippen LogP contribution in [0.2, 0.25) is 0 Å². The Kier molecular flexibility index (Phi) is 5.36. The number of carbonyl (C=O) groups excluding carboxylic acids is 1. The predicted octanol–water partition coefficient (Wildman–Crippen LogP) is 2.46. The highest BCUT2D eigenvalue weighted by atomic mass is 32.1. The smallest absolute Gasteiger partial charge is 0.305 e. The Morgan fingerprint density at radius 1 is 1.38 bits per heavy atom. The van der Waals surface area contributed by atoms with E-state index >= 15 is 0 Å². The van der Waals surface area contributed by atoms with Crippen molar-refractivity contribution in [3.8, 4) is 0 Å². The van der Waals surface area contributed by atoms with Gasteiger partial charge in [-0.3, -0.25) is 9.59 Å². The van der Waals surface area contributed by atoms with Crippen molar-refractivity contribution in [3.05, 3.63) is 21.4 Å². The van der Waals surface area contributed by atoms with Gasteiger partial charge in [-0.15, -0.1) is 11.3 Å². The molecule has 0 spiro atoms. The number of rotatable bonds is 5. The van der Waals surface area contributed by atoms with E-state index in [1.165, 1.54) is 11.3 Å². The van der Waals surface area contributed by atoms with Crippen LogP contribution in [0.3, 0.4) is 0 Å². The number of aryl methyl sites for hydroxylation is 2. The van der Waals surface area contributed by atoms with Crippen molar-refractivity contribution < 1.29 is 19.4 Å². The Morgan fingerprint density at radius 2 is 2.05 bits per heavy atom. The second-order valence-electron chi connectivity index (χ2n) is 5.34. The van der Waals surface area contributed by atoms with E-state index < -0.39 is 5.97 Å². The maximum Gasteiger partial charge on any atom is 0.305 e. The SMILES string of the molecule is Cc1cc(C(=O)N(CCC(=O)O)C2CCOCC2)sc1C. The van der Waals surface area contributed by atoms with Gasteiger partial charge in [-0.05, 0) is 38.3 Å². The summed E-state index contributed by atoms with van der Waals surface area (Å²) >= 11 is 1.48. The zero-order chi connectivity index (χ0) is 15.4. The summed E-state index contributed by atoms with van der Waals surface area (Å²) < 4.78 is 5.33. The second kappa shape index (κ2) is 7.04. The van der Waals surface area contributed by atoms with Crippen LogP contribution in [-0.4, -0.2) is 47.7 Å². The number of hydrogen-bond donors (Lipinski definition) is 1. The number of amides is 1. The molecule has 1 fully saturated rings. The van der Waals surface area contributed by atoms with Gasteiger partial charge in [0.15, 0.2) is 0 Å². The molecule has 2 heterocycles. The number of carbonyl (C=O) groups is 2. The average molecular weight is 311 g/mol. The van der Waals surface area contributed by atoms with Crippen molar-refractivity contribution in [2.45, 2.75) is 39.2 Å². The third kappa shape index (κ3) is 4.04. The number of aliphatic carboxylic acids is 1. The van der Waals surface area contributed by atoms with Gasteiger partial charge in [0.2, 0.25) is 0 Å². The highest BCUT2D eigenvalue weighted by Gasteiger charge is 2.28. The molecule has 1 aliphatic heterocycles. The molecule has 0 saturated carbocycles. The van der Waals surface area contributed by atoms with Gasteiger partial charge in [-0.2, -0.15) is 0 Å². The standard InChI is InChI=1S/C15H21NO4S/c1-10-9-13(21-11(10)2)15(19)16(6-3-14(17)18)12-4-7-20-8-5-12/h9,12H,3-8H2,1-2H3,(H,17,18). The van der Waals surface area contributed by atoms with Gasteiger partial charge in [0.05, 0.1) is 11.3 Å². The lowest BCUT2D eigenvalue weighted by molar-refractivity contribution is -0.137. The minimum atomic E-state index is -0.876. The summed E-state index contributed by atoms with van der Waals surface area (Å²) in [5.41, 5.74) is 1.11. The van der Waals surface area contributed by atoms with E-state index in [-0.39, 0.29) is 24.9 Å². The normalized spacial score (nSPS) is 15.9. The summed E-state index contributed by atoms with van der Waals surface area (Å²) in [7, 11) is 0. The number of carboxylic acid groups (broad SMARTS) is 1. The molecule has 2 rings (SSSR count). The van der Waals surface area contributed by atoms with Crippen molar-refractivity contribution in [1.29, 1.82) is 0 Å². The Hall–Kier alpha value is -1.40. The quantitative estimate of drug-likeness (QED) is 0.907. The van der Waals surface area contributed by atoms with Crippen LogP contribution in [0.25, 0.3) is 0 Å². The molecule has 0 aromatic carbocycles. The van der Waals surface area contributed by atoms with Crippen LogP contribution in [0.5, 0.6) is 0 Å². The van der Waals surface area contributed by atoms with Crippen LogP contribution >= 0.6 is 11.3 Å². The van der Waals surface area contributed by atoms with E-state index in [9.17, 15) is 9.59 Å². The highest BCUT2D eigenvalue weighted by molar-refractivity contribution is 7.14. The molecule has 1 saturated heterocycles. The predicted molar refractivity (Wildman–Crippen MR) is 80.9 cm³/mol. The van der Waals surface area contributed by atoms with Crippen LogP contribution in [0.1, 0.15) is 39.4 Å². The lowest BCUT2D eigenvalue weighted by Crippen LogP contribution is -2.44. The van der Waals surface area contributed by atoms with Crippen molar-refractivity contribution in [2.75, 3.05) is 19.8 Å². The van der Waals surface area contributed by atoms with E-state index in [2.05, 4.69) is 0 Å². The molecule has 116 valence electrons. The molecule has 0 bridgehead atoms. The largest absolute Gasteiger partial charge is 0.481 e. The first-order valence-corrected chi connectivity index (χ1v) is 7.98. The molecule has 21 heavy (non-hydrogen) atoms. The van der Waals surface area contributed by atoms with Gasteiger partial charge >= 0.3 is 5.97 Å². The molecule has 1 aromatic rings. The second-order valence-corrected chi connectivity index (χ2v) is 6.59. The van der Waals surface area contributed by atoms with Crippen molar-refractivity contribution in [2.24, 2.45) is 0 Å². The monoisotopic (exact) mass is 311 g/mol. The molecule has 5 nitrogen and oxygen atoms in total. The van der Waals surface area contributed by atoms with Crippen molar-refractivity contribution in [1.82, 2.24) is 4.90 Å². The lowest BCUT2D eigenvalue weighted by atomic mass is 10.1. The number of hydrogen-bond acceptors (Lipinski definition) is 4. The summed E-state index contributed by atoms with van der Waals surface area (Å²) in [6.07, 6.45) is 1.52. The molecule has 0 atom stereocenters. The van der Waals surface area contributed by atoms with Crippen molar-refractivity contribution >= 4 is 23.2 Å². The van der Waals surface area contributed by atoms with E-state index in [1.54, 1.807) is 4.90 Å². The van der Waals surface area contributed by atoms with Gasteiger partial charge in [0, 0.05) is 30.7 Å². The van der Waals surface area contributed by atoms with Gasteiger partial charge in [-0.25, -0.2) is 0 Å². The zero-order valence-corrected chi connectivity index (χ0v) is 13.2. The molecule has 0 unspecified atom stereocenters. The number of thiophene rings is 1. The number of ether oxygens (including phenoxy) is 1. The van der Waals surface area contributed by atoms with Crippen LogP contribution in [0.4, 0.5) is 0 Å². The lowest BCUT2D eigenvalue weighted by Gasteiger charge is -2.33. The minimum absolute atomic E-state index is 0.0214. The van der Waals surface area contributed by atoms with Gasteiger partial charge in [-0.1, -0.05) is 0 Å². The fraction of sp³-hybridized carbons (Fsp3) is 0.600. The fourth-order valence-corrected chi connectivity index (χ4v) is 3.47. The van der Waals surface area contributed by atoms with Gasteiger partial charge in [0.25, 0.3) is 5.91 Å². The summed E-state index contributed by atoms with van der Waals surface area (Å²) in [6.45, 7) is 5.49. The summed E-state index contributed by atoms with van der Waals surface area (Å²) in [5, 5.41) is 8.90. The van der Waals surface area contributed by atoms with E-state index in [4.69, 9.17) is 9.84 Å². The molecule has 1 amide bonds. The summed E-state index contributed by atoms with van der Waals surface area (Å²) in [5.74, 6) is -0.928. The number of nitrogens with zero attached hydrogens (tertiary/aromatic N) is 1. The Labute approximate surface area is 128 Å². The first-order chi connectivity index (χ1) is 9.99. The van der Waals surface area contributed by atoms with Crippen LogP contribution in [0, 0.1) is 13.8 Å². The maximum absolute atomic E-state index is 12.7. The van der Waals surface area contributed by atoms with Crippen LogP contribution < -0.4 is 0 Å². The number of carboxylic acids is 1. The Balaban J connectivity index is 2.16. The average Bonchev–Trinajstić information content (AvgIpc) is 2.79. The summed E-state index contributed by atoms with van der Waals surface area (Å²) in [6, 6.07) is 1.98. The maximum atomic E-state index is 12.7.